The summed E-state index contributed by atoms with van der Waals surface area (Å²) in [7, 11) is 0. The van der Waals surface area contributed by atoms with E-state index < -0.39 is 29.6 Å². The average Bonchev–Trinajstić information content (AvgIpc) is 3.12. The summed E-state index contributed by atoms with van der Waals surface area (Å²) in [6, 6.07) is 20.2. The Morgan fingerprint density at radius 3 is 2.48 bits per heavy atom. The van der Waals surface area contributed by atoms with Crippen LogP contribution in [-0.4, -0.2) is 20.3 Å². The van der Waals surface area contributed by atoms with E-state index in [1.807, 2.05) is 59.2 Å². The fourth-order valence-corrected chi connectivity index (χ4v) is 3.95. The van der Waals surface area contributed by atoms with Crippen LogP contribution in [0.4, 0.5) is 14.5 Å². The second kappa shape index (κ2) is 8.31. The lowest BCUT2D eigenvalue weighted by Crippen LogP contribution is -2.30. The van der Waals surface area contributed by atoms with Gasteiger partial charge < -0.3 is 9.88 Å². The van der Waals surface area contributed by atoms with Gasteiger partial charge in [-0.25, -0.2) is 13.5 Å². The minimum Gasteiger partial charge on any atom is -0.331 e. The highest BCUT2D eigenvalue weighted by molar-refractivity contribution is 6.07. The molecule has 1 amide bonds. The van der Waals surface area contributed by atoms with Gasteiger partial charge >= 0.3 is 0 Å². The van der Waals surface area contributed by atoms with Gasteiger partial charge in [-0.15, -0.1) is 0 Å². The molecule has 2 aromatic heterocycles. The summed E-state index contributed by atoms with van der Waals surface area (Å²) in [5, 5.41) is 8.10. The number of amides is 1. The van der Waals surface area contributed by atoms with Crippen molar-refractivity contribution in [2.75, 3.05) is 5.32 Å². The van der Waals surface area contributed by atoms with E-state index in [0.29, 0.717) is 23.5 Å². The van der Waals surface area contributed by atoms with Gasteiger partial charge in [0.15, 0.2) is 0 Å². The largest absolute Gasteiger partial charge is 0.331 e. The van der Waals surface area contributed by atoms with Crippen molar-refractivity contribution in [3.63, 3.8) is 0 Å². The lowest BCUT2D eigenvalue weighted by atomic mass is 10.2. The third kappa shape index (κ3) is 3.87. The molecule has 1 N–H and O–H groups in total. The molecule has 0 saturated heterocycles. The third-order valence-corrected chi connectivity index (χ3v) is 5.46. The molecule has 5 aromatic rings. The molecular weight excluding hydrogens is 426 g/mol. The van der Waals surface area contributed by atoms with E-state index in [4.69, 9.17) is 0 Å². The fraction of sp³-hybridized carbons (Fsp3) is 0.0800. The zero-order valence-corrected chi connectivity index (χ0v) is 17.3. The van der Waals surface area contributed by atoms with Crippen LogP contribution in [0.1, 0.15) is 5.56 Å². The van der Waals surface area contributed by atoms with Crippen LogP contribution in [0, 0.1) is 11.6 Å². The second-order valence-electron chi connectivity index (χ2n) is 7.63. The number of benzene rings is 3. The molecule has 2 heterocycles. The van der Waals surface area contributed by atoms with Crippen molar-refractivity contribution in [2.45, 2.75) is 13.1 Å². The topological polar surface area (TPSA) is 68.9 Å². The molecule has 33 heavy (non-hydrogen) atoms. The van der Waals surface area contributed by atoms with Crippen LogP contribution in [0.15, 0.2) is 83.8 Å². The van der Waals surface area contributed by atoms with Crippen LogP contribution in [0.2, 0.25) is 0 Å². The number of anilines is 1. The first-order valence-electron chi connectivity index (χ1n) is 10.3. The molecule has 0 fully saturated rings. The van der Waals surface area contributed by atoms with E-state index in [1.165, 1.54) is 0 Å². The highest BCUT2D eigenvalue weighted by Gasteiger charge is 2.18. The number of nitrogens with zero attached hydrogens (tertiary/aromatic N) is 3. The average molecular weight is 444 g/mol. The summed E-state index contributed by atoms with van der Waals surface area (Å²) in [4.78, 5) is 25.9. The molecule has 0 spiro atoms. The van der Waals surface area contributed by atoms with Crippen LogP contribution >= 0.6 is 0 Å². The summed E-state index contributed by atoms with van der Waals surface area (Å²) in [6.45, 7) is 0.0511. The van der Waals surface area contributed by atoms with E-state index in [9.17, 15) is 18.4 Å². The number of rotatable bonds is 5. The molecule has 0 unspecified atom stereocenters. The van der Waals surface area contributed by atoms with Crippen LogP contribution < -0.4 is 10.9 Å². The van der Waals surface area contributed by atoms with Crippen molar-refractivity contribution >= 4 is 33.4 Å². The number of hydrogen-bond acceptors (Lipinski definition) is 3. The molecule has 3 aromatic carbocycles. The molecule has 0 saturated carbocycles. The standard InChI is InChI=1S/C25H18F2N4O2/c26-17-10-11-21(20(27)12-17)29-23(32)15-31-25(33)24-19(13-28-31)18-8-4-5-9-22(18)30(24)14-16-6-2-1-3-7-16/h1-13H,14-15H2,(H,29,32). The van der Waals surface area contributed by atoms with Gasteiger partial charge in [0.2, 0.25) is 5.91 Å². The lowest BCUT2D eigenvalue weighted by Gasteiger charge is -2.10. The maximum Gasteiger partial charge on any atom is 0.291 e. The summed E-state index contributed by atoms with van der Waals surface area (Å²) in [5.41, 5.74) is 1.72. The van der Waals surface area contributed by atoms with E-state index in [1.54, 1.807) is 6.20 Å². The number of nitrogens with one attached hydrogen (secondary N) is 1. The van der Waals surface area contributed by atoms with E-state index >= 15 is 0 Å². The number of hydrogen-bond donors (Lipinski definition) is 1. The third-order valence-electron chi connectivity index (χ3n) is 5.46. The Labute approximate surface area is 186 Å². The molecule has 0 bridgehead atoms. The molecule has 0 aliphatic carbocycles. The van der Waals surface area contributed by atoms with Crippen molar-refractivity contribution in [1.29, 1.82) is 0 Å². The van der Waals surface area contributed by atoms with Gasteiger partial charge in [-0.2, -0.15) is 5.10 Å². The molecule has 164 valence electrons. The minimum absolute atomic E-state index is 0.172. The number of aromatic nitrogens is 3. The first kappa shape index (κ1) is 20.6. The molecular formula is C25H18F2N4O2. The summed E-state index contributed by atoms with van der Waals surface area (Å²) in [6.07, 6.45) is 1.56. The van der Waals surface area contributed by atoms with Crippen LogP contribution in [0.5, 0.6) is 0 Å². The summed E-state index contributed by atoms with van der Waals surface area (Å²) < 4.78 is 29.9. The van der Waals surface area contributed by atoms with Crippen molar-refractivity contribution in [2.24, 2.45) is 0 Å². The van der Waals surface area contributed by atoms with Gasteiger partial charge in [0.1, 0.15) is 23.7 Å². The quantitative estimate of drug-likeness (QED) is 0.439. The Morgan fingerprint density at radius 1 is 0.939 bits per heavy atom. The molecule has 0 radical (unpaired) electrons. The van der Waals surface area contributed by atoms with Gasteiger partial charge in [-0.05, 0) is 23.8 Å². The molecule has 6 nitrogen and oxygen atoms in total. The number of fused-ring (bicyclic) bond motifs is 3. The van der Waals surface area contributed by atoms with E-state index in [-0.39, 0.29) is 5.69 Å². The van der Waals surface area contributed by atoms with Crippen molar-refractivity contribution < 1.29 is 13.6 Å². The monoisotopic (exact) mass is 444 g/mol. The smallest absolute Gasteiger partial charge is 0.291 e. The number of halogens is 2. The van der Waals surface area contributed by atoms with Crippen molar-refractivity contribution in [3.05, 3.63) is 107 Å². The van der Waals surface area contributed by atoms with Crippen molar-refractivity contribution in [3.8, 4) is 0 Å². The molecule has 0 aliphatic rings. The maximum absolute atomic E-state index is 13.9. The minimum atomic E-state index is -0.901. The predicted octanol–water partition coefficient (Wildman–Crippen LogP) is 4.32. The second-order valence-corrected chi connectivity index (χ2v) is 7.63. The van der Waals surface area contributed by atoms with Gasteiger partial charge in [-0.1, -0.05) is 48.5 Å². The SMILES string of the molecule is O=C(Cn1ncc2c3ccccc3n(Cc3ccccc3)c2c1=O)Nc1ccc(F)cc1F. The number of para-hydroxylation sites is 1. The van der Waals surface area contributed by atoms with Gasteiger partial charge in [-0.3, -0.25) is 9.59 Å². The normalized spacial score (nSPS) is 11.2. The molecule has 5 rings (SSSR count). The Kier molecular flexibility index (Phi) is 5.18. The molecule has 0 atom stereocenters. The first-order valence-corrected chi connectivity index (χ1v) is 10.3. The Hall–Kier alpha value is -4.33. The number of carbonyl (C=O) groups excluding carboxylic acids is 1. The first-order chi connectivity index (χ1) is 16.0. The highest BCUT2D eigenvalue weighted by Crippen LogP contribution is 2.27. The van der Waals surface area contributed by atoms with Gasteiger partial charge in [0.25, 0.3) is 5.56 Å². The predicted molar refractivity (Wildman–Crippen MR) is 122 cm³/mol. The van der Waals surface area contributed by atoms with Crippen molar-refractivity contribution in [1.82, 2.24) is 14.3 Å². The Balaban J connectivity index is 1.55. The fourth-order valence-electron chi connectivity index (χ4n) is 3.95. The molecule has 0 aliphatic heterocycles. The highest BCUT2D eigenvalue weighted by atomic mass is 19.1. The Bertz CT molecular complexity index is 1560. The van der Waals surface area contributed by atoms with E-state index in [0.717, 1.165) is 33.3 Å². The molecule has 8 heteroatoms. The Morgan fingerprint density at radius 2 is 1.70 bits per heavy atom. The van der Waals surface area contributed by atoms with Crippen LogP contribution in [0.3, 0.4) is 0 Å². The van der Waals surface area contributed by atoms with Crippen LogP contribution in [-0.2, 0) is 17.9 Å². The van der Waals surface area contributed by atoms with Crippen LogP contribution in [0.25, 0.3) is 21.8 Å². The van der Waals surface area contributed by atoms with E-state index in [2.05, 4.69) is 10.4 Å². The summed E-state index contributed by atoms with van der Waals surface area (Å²) >= 11 is 0. The zero-order valence-electron chi connectivity index (χ0n) is 17.3. The van der Waals surface area contributed by atoms with Gasteiger partial charge in [0.05, 0.1) is 11.9 Å². The maximum atomic E-state index is 13.9. The zero-order chi connectivity index (χ0) is 22.9. The van der Waals surface area contributed by atoms with Gasteiger partial charge in [0, 0.05) is 28.9 Å². The number of carbonyl (C=O) groups is 1. The summed E-state index contributed by atoms with van der Waals surface area (Å²) in [5.74, 6) is -2.30. The lowest BCUT2D eigenvalue weighted by molar-refractivity contribution is -0.117.